The Balaban J connectivity index is 0.000000980. The molecule has 0 radical (unpaired) electrons. The normalized spacial score (nSPS) is 20.6. The summed E-state index contributed by atoms with van der Waals surface area (Å²) in [5.41, 5.74) is 1.85. The molecule has 0 unspecified atom stereocenters. The molecule has 14 heavy (non-hydrogen) atoms. The van der Waals surface area contributed by atoms with Crippen molar-refractivity contribution in [2.45, 2.75) is 25.8 Å². The van der Waals surface area contributed by atoms with Crippen LogP contribution in [-0.4, -0.2) is 6.54 Å². The van der Waals surface area contributed by atoms with Crippen molar-refractivity contribution in [2.75, 3.05) is 6.54 Å². The van der Waals surface area contributed by atoms with E-state index in [0.717, 1.165) is 24.1 Å². The zero-order valence-electron chi connectivity index (χ0n) is 8.14. The molecule has 76 valence electrons. The third-order valence-electron chi connectivity index (χ3n) is 2.43. The van der Waals surface area contributed by atoms with Crippen molar-refractivity contribution in [3.05, 3.63) is 35.1 Å². The standard InChI is InChI=1S/C11H13FN.Cr/c1-8-5-9(7-10(12)6-8)11-3-2-4-13-11;/h6-7,11,13H,2-4H2,1H3;/q-1;/t11-;/m0./s1. The van der Waals surface area contributed by atoms with Crippen molar-refractivity contribution in [3.63, 3.8) is 0 Å². The van der Waals surface area contributed by atoms with E-state index in [1.54, 1.807) is 6.07 Å². The van der Waals surface area contributed by atoms with Gasteiger partial charge in [-0.15, -0.1) is 17.7 Å². The number of rotatable bonds is 1. The summed E-state index contributed by atoms with van der Waals surface area (Å²) in [4.78, 5) is 0. The van der Waals surface area contributed by atoms with Crippen LogP contribution in [0.15, 0.2) is 12.1 Å². The molecule has 1 aliphatic heterocycles. The smallest absolute Gasteiger partial charge is 0.0157 e. The van der Waals surface area contributed by atoms with Gasteiger partial charge in [-0.25, -0.2) is 4.39 Å². The zero-order valence-corrected chi connectivity index (χ0v) is 9.41. The molecule has 0 amide bonds. The van der Waals surface area contributed by atoms with Gasteiger partial charge in [0.2, 0.25) is 0 Å². The van der Waals surface area contributed by atoms with Gasteiger partial charge in [-0.2, -0.15) is 11.6 Å². The first-order valence-electron chi connectivity index (χ1n) is 4.68. The summed E-state index contributed by atoms with van der Waals surface area (Å²) < 4.78 is 13.0. The zero-order chi connectivity index (χ0) is 9.26. The van der Waals surface area contributed by atoms with Crippen LogP contribution in [0, 0.1) is 18.8 Å². The van der Waals surface area contributed by atoms with Crippen molar-refractivity contribution < 1.29 is 21.8 Å². The van der Waals surface area contributed by atoms with Crippen molar-refractivity contribution in [1.82, 2.24) is 5.32 Å². The number of benzene rings is 1. The number of halogens is 1. The van der Waals surface area contributed by atoms with Crippen LogP contribution >= 0.6 is 0 Å². The molecule has 0 spiro atoms. The van der Waals surface area contributed by atoms with Gasteiger partial charge in [0.1, 0.15) is 0 Å². The summed E-state index contributed by atoms with van der Waals surface area (Å²) in [6, 6.07) is 6.59. The second-order valence-corrected chi connectivity index (χ2v) is 3.59. The largest absolute Gasteiger partial charge is 0.312 e. The maximum absolute atomic E-state index is 13.0. The molecular weight excluding hydrogens is 217 g/mol. The Kier molecular flexibility index (Phi) is 4.13. The molecule has 0 saturated carbocycles. The van der Waals surface area contributed by atoms with E-state index in [2.05, 4.69) is 11.4 Å². The van der Waals surface area contributed by atoms with E-state index in [0.29, 0.717) is 6.04 Å². The molecule has 1 aliphatic rings. The molecule has 1 aromatic carbocycles. The second kappa shape index (κ2) is 4.93. The van der Waals surface area contributed by atoms with E-state index in [1.165, 1.54) is 12.5 Å². The molecular formula is C11H13CrFN-. The van der Waals surface area contributed by atoms with Crippen molar-refractivity contribution in [3.8, 4) is 0 Å². The molecule has 3 heteroatoms. The summed E-state index contributed by atoms with van der Waals surface area (Å²) in [5, 5.41) is 3.33. The Morgan fingerprint density at radius 2 is 2.29 bits per heavy atom. The minimum Gasteiger partial charge on any atom is -0.312 e. The summed E-state index contributed by atoms with van der Waals surface area (Å²) in [7, 11) is 0. The van der Waals surface area contributed by atoms with Gasteiger partial charge in [0.15, 0.2) is 0 Å². The van der Waals surface area contributed by atoms with Crippen molar-refractivity contribution >= 4 is 0 Å². The first-order chi connectivity index (χ1) is 6.25. The maximum atomic E-state index is 13.0. The van der Waals surface area contributed by atoms with Gasteiger partial charge >= 0.3 is 0 Å². The minimum absolute atomic E-state index is 0. The average Bonchev–Trinajstić information content (AvgIpc) is 2.53. The van der Waals surface area contributed by atoms with Crippen molar-refractivity contribution in [1.29, 1.82) is 0 Å². The van der Waals surface area contributed by atoms with Gasteiger partial charge in [-0.1, -0.05) is 6.92 Å². The third kappa shape index (κ3) is 2.57. The van der Waals surface area contributed by atoms with Crippen molar-refractivity contribution in [2.24, 2.45) is 0 Å². The summed E-state index contributed by atoms with van der Waals surface area (Å²) in [5.74, 6) is -0.153. The van der Waals surface area contributed by atoms with E-state index in [9.17, 15) is 4.39 Å². The fourth-order valence-corrected chi connectivity index (χ4v) is 1.83. The Bertz CT molecular complexity index is 288. The quantitative estimate of drug-likeness (QED) is 0.730. The van der Waals surface area contributed by atoms with E-state index >= 15 is 0 Å². The van der Waals surface area contributed by atoms with Gasteiger partial charge < -0.3 is 5.32 Å². The van der Waals surface area contributed by atoms with Gasteiger partial charge in [-0.05, 0) is 19.4 Å². The van der Waals surface area contributed by atoms with Crippen LogP contribution in [-0.2, 0) is 17.4 Å². The van der Waals surface area contributed by atoms with Crippen LogP contribution in [0.25, 0.3) is 0 Å². The molecule has 1 saturated heterocycles. The predicted octanol–water partition coefficient (Wildman–Crippen LogP) is 2.36. The number of aryl methyl sites for hydroxylation is 1. The molecule has 0 bridgehead atoms. The van der Waals surface area contributed by atoms with Crippen LogP contribution < -0.4 is 5.32 Å². The number of hydrogen-bond acceptors (Lipinski definition) is 1. The molecule has 0 aromatic heterocycles. The fraction of sp³-hybridized carbons (Fsp3) is 0.455. The number of hydrogen-bond donors (Lipinski definition) is 1. The molecule has 1 fully saturated rings. The van der Waals surface area contributed by atoms with E-state index in [4.69, 9.17) is 0 Å². The van der Waals surface area contributed by atoms with Gasteiger partial charge in [0, 0.05) is 29.2 Å². The van der Waals surface area contributed by atoms with E-state index in [-0.39, 0.29) is 23.2 Å². The second-order valence-electron chi connectivity index (χ2n) is 3.59. The molecule has 1 atom stereocenters. The summed E-state index contributed by atoms with van der Waals surface area (Å²) in [6.45, 7) is 2.91. The third-order valence-corrected chi connectivity index (χ3v) is 2.43. The molecule has 1 nitrogen and oxygen atoms in total. The molecule has 1 N–H and O–H groups in total. The Labute approximate surface area is 94.8 Å². The molecule has 0 aliphatic carbocycles. The summed E-state index contributed by atoms with van der Waals surface area (Å²) >= 11 is 0. The van der Waals surface area contributed by atoms with Gasteiger partial charge in [-0.3, -0.25) is 0 Å². The van der Waals surface area contributed by atoms with E-state index < -0.39 is 0 Å². The van der Waals surface area contributed by atoms with Gasteiger partial charge in [0.25, 0.3) is 0 Å². The van der Waals surface area contributed by atoms with Crippen LogP contribution in [0.5, 0.6) is 0 Å². The SMILES string of the molecule is Cc1[c-]c([C@@H]2CCCN2)cc(F)c1.[Cr]. The topological polar surface area (TPSA) is 12.0 Å². The van der Waals surface area contributed by atoms with Crippen LogP contribution in [0.2, 0.25) is 0 Å². The number of nitrogens with one attached hydrogen (secondary N) is 1. The van der Waals surface area contributed by atoms with Crippen LogP contribution in [0.3, 0.4) is 0 Å². The molecule has 2 rings (SSSR count). The Morgan fingerprint density at radius 3 is 2.86 bits per heavy atom. The molecule has 1 heterocycles. The first kappa shape index (κ1) is 11.7. The monoisotopic (exact) mass is 230 g/mol. The summed E-state index contributed by atoms with van der Waals surface area (Å²) in [6.07, 6.45) is 2.27. The van der Waals surface area contributed by atoms with Crippen LogP contribution in [0.4, 0.5) is 4.39 Å². The van der Waals surface area contributed by atoms with Crippen LogP contribution in [0.1, 0.15) is 30.0 Å². The van der Waals surface area contributed by atoms with Gasteiger partial charge in [0.05, 0.1) is 0 Å². The first-order valence-corrected chi connectivity index (χ1v) is 4.68. The minimum atomic E-state index is -0.153. The predicted molar refractivity (Wildman–Crippen MR) is 50.0 cm³/mol. The van der Waals surface area contributed by atoms with E-state index in [1.807, 2.05) is 6.92 Å². The fourth-order valence-electron chi connectivity index (χ4n) is 1.83. The average molecular weight is 230 g/mol. The Hall–Kier alpha value is -0.358. The Morgan fingerprint density at radius 1 is 1.50 bits per heavy atom. The molecule has 1 aromatic rings. The maximum Gasteiger partial charge on any atom is 0.0157 e.